The van der Waals surface area contributed by atoms with Gasteiger partial charge in [0.1, 0.15) is 0 Å². The van der Waals surface area contributed by atoms with Crippen LogP contribution in [0.2, 0.25) is 0 Å². The van der Waals surface area contributed by atoms with Crippen LogP contribution in [0, 0.1) is 0 Å². The van der Waals surface area contributed by atoms with E-state index in [1.165, 1.54) is 0 Å². The molecule has 0 aromatic rings. The van der Waals surface area contributed by atoms with Gasteiger partial charge in [0.25, 0.3) is 0 Å². The van der Waals surface area contributed by atoms with Crippen LogP contribution in [0.3, 0.4) is 0 Å². The summed E-state index contributed by atoms with van der Waals surface area (Å²) in [6, 6.07) is 0. The Labute approximate surface area is 59.5 Å². The first-order valence-electron chi connectivity index (χ1n) is 3.06. The zero-order valence-corrected chi connectivity index (χ0v) is 6.10. The lowest BCUT2D eigenvalue weighted by Crippen LogP contribution is -1.87. The summed E-state index contributed by atoms with van der Waals surface area (Å²) in [6.07, 6.45) is 3.57. The van der Waals surface area contributed by atoms with Crippen molar-refractivity contribution in [3.8, 4) is 0 Å². The van der Waals surface area contributed by atoms with Crippen molar-refractivity contribution in [1.82, 2.24) is 0 Å². The molecule has 0 spiro atoms. The van der Waals surface area contributed by atoms with Gasteiger partial charge in [-0.1, -0.05) is 0 Å². The lowest BCUT2D eigenvalue weighted by Gasteiger charge is -1.91. The molecule has 50 valence electrons. The van der Waals surface area contributed by atoms with Gasteiger partial charge in [0.05, 0.1) is 0 Å². The lowest BCUT2D eigenvalue weighted by molar-refractivity contribution is 1.14. The number of hydrogen-bond donors (Lipinski definition) is 0. The molecular formula is C6H10N2S. The molecule has 1 heterocycles. The molecule has 0 saturated carbocycles. The van der Waals surface area contributed by atoms with Crippen molar-refractivity contribution in [1.29, 1.82) is 0 Å². The summed E-state index contributed by atoms with van der Waals surface area (Å²) >= 11 is 1.91. The fraction of sp³-hybridized carbons (Fsp3) is 0.667. The summed E-state index contributed by atoms with van der Waals surface area (Å²) in [5.41, 5.74) is 0. The highest BCUT2D eigenvalue weighted by Crippen LogP contribution is 1.98. The van der Waals surface area contributed by atoms with Crippen LogP contribution in [0.25, 0.3) is 0 Å². The summed E-state index contributed by atoms with van der Waals surface area (Å²) in [7, 11) is 0. The van der Waals surface area contributed by atoms with Gasteiger partial charge in [-0.05, 0) is 0 Å². The SMILES string of the molecule is C1=NCCSCCN=C1. The van der Waals surface area contributed by atoms with Crippen molar-refractivity contribution < 1.29 is 0 Å². The second-order valence-corrected chi connectivity index (χ2v) is 2.95. The molecular weight excluding hydrogens is 132 g/mol. The van der Waals surface area contributed by atoms with Gasteiger partial charge < -0.3 is 0 Å². The molecule has 2 nitrogen and oxygen atoms in total. The second kappa shape index (κ2) is 4.56. The summed E-state index contributed by atoms with van der Waals surface area (Å²) in [6.45, 7) is 1.88. The van der Waals surface area contributed by atoms with Crippen molar-refractivity contribution in [3.63, 3.8) is 0 Å². The largest absolute Gasteiger partial charge is 0.291 e. The molecule has 0 fully saturated rings. The Morgan fingerprint density at radius 1 is 1.00 bits per heavy atom. The molecule has 0 amide bonds. The average molecular weight is 142 g/mol. The lowest BCUT2D eigenvalue weighted by atomic mass is 10.7. The summed E-state index contributed by atoms with van der Waals surface area (Å²) in [5.74, 6) is 2.28. The fourth-order valence-corrected chi connectivity index (χ4v) is 1.25. The summed E-state index contributed by atoms with van der Waals surface area (Å²) in [5, 5.41) is 0. The third-order valence-corrected chi connectivity index (χ3v) is 1.95. The zero-order chi connectivity index (χ0) is 6.36. The number of nitrogens with zero attached hydrogens (tertiary/aromatic N) is 2. The third-order valence-electron chi connectivity index (χ3n) is 1.01. The molecule has 0 aliphatic carbocycles. The number of rotatable bonds is 0. The Bertz CT molecular complexity index is 106. The average Bonchev–Trinajstić information content (AvgIpc) is 2.00. The van der Waals surface area contributed by atoms with E-state index in [2.05, 4.69) is 9.98 Å². The molecule has 1 aliphatic rings. The topological polar surface area (TPSA) is 24.7 Å². The van der Waals surface area contributed by atoms with Crippen LogP contribution in [-0.4, -0.2) is 37.0 Å². The Morgan fingerprint density at radius 2 is 1.56 bits per heavy atom. The highest BCUT2D eigenvalue weighted by molar-refractivity contribution is 7.99. The molecule has 9 heavy (non-hydrogen) atoms. The minimum atomic E-state index is 0.941. The normalized spacial score (nSPS) is 20.4. The van der Waals surface area contributed by atoms with Gasteiger partial charge in [-0.15, -0.1) is 0 Å². The molecule has 0 N–H and O–H groups in total. The molecule has 0 saturated heterocycles. The number of thioether (sulfide) groups is 1. The van der Waals surface area contributed by atoms with Crippen LogP contribution in [0.15, 0.2) is 9.98 Å². The molecule has 0 unspecified atom stereocenters. The van der Waals surface area contributed by atoms with Gasteiger partial charge in [0.15, 0.2) is 0 Å². The van der Waals surface area contributed by atoms with Gasteiger partial charge >= 0.3 is 0 Å². The molecule has 0 radical (unpaired) electrons. The predicted molar refractivity (Wildman–Crippen MR) is 44.0 cm³/mol. The van der Waals surface area contributed by atoms with E-state index in [0.717, 1.165) is 24.6 Å². The van der Waals surface area contributed by atoms with E-state index in [1.807, 2.05) is 11.8 Å². The Morgan fingerprint density at radius 3 is 2.11 bits per heavy atom. The van der Waals surface area contributed by atoms with E-state index in [4.69, 9.17) is 0 Å². The maximum absolute atomic E-state index is 4.10. The summed E-state index contributed by atoms with van der Waals surface area (Å²) < 4.78 is 0. The first-order chi connectivity index (χ1) is 4.50. The minimum Gasteiger partial charge on any atom is -0.291 e. The quantitative estimate of drug-likeness (QED) is 0.492. The first-order valence-corrected chi connectivity index (χ1v) is 4.21. The Kier molecular flexibility index (Phi) is 3.45. The maximum atomic E-state index is 4.10. The molecule has 3 heteroatoms. The number of hydrogen-bond acceptors (Lipinski definition) is 3. The van der Waals surface area contributed by atoms with Gasteiger partial charge in [-0.2, -0.15) is 11.8 Å². The first kappa shape index (κ1) is 6.81. The van der Waals surface area contributed by atoms with Crippen LogP contribution in [0.1, 0.15) is 0 Å². The van der Waals surface area contributed by atoms with Gasteiger partial charge in [-0.25, -0.2) is 0 Å². The third kappa shape index (κ3) is 3.30. The zero-order valence-electron chi connectivity index (χ0n) is 5.29. The molecule has 0 aromatic heterocycles. The Balaban J connectivity index is 2.28. The van der Waals surface area contributed by atoms with Crippen LogP contribution >= 0.6 is 11.8 Å². The summed E-state index contributed by atoms with van der Waals surface area (Å²) in [4.78, 5) is 8.19. The minimum absolute atomic E-state index is 0.941. The van der Waals surface area contributed by atoms with Crippen molar-refractivity contribution in [2.24, 2.45) is 9.98 Å². The predicted octanol–water partition coefficient (Wildman–Crippen LogP) is 0.875. The van der Waals surface area contributed by atoms with Gasteiger partial charge in [0, 0.05) is 37.0 Å². The van der Waals surface area contributed by atoms with E-state index in [1.54, 1.807) is 12.4 Å². The van der Waals surface area contributed by atoms with Crippen molar-refractivity contribution in [2.45, 2.75) is 0 Å². The van der Waals surface area contributed by atoms with Crippen LogP contribution in [0.5, 0.6) is 0 Å². The highest BCUT2D eigenvalue weighted by Gasteiger charge is 1.87. The van der Waals surface area contributed by atoms with Gasteiger partial charge in [0.2, 0.25) is 0 Å². The van der Waals surface area contributed by atoms with Crippen molar-refractivity contribution >= 4 is 24.2 Å². The molecule has 0 atom stereocenters. The molecule has 1 rings (SSSR count). The standard InChI is InChI=1S/C6H10N2S/c1-2-8-4-6-9-5-3-7-1/h1-2H,3-6H2. The smallest absolute Gasteiger partial charge is 0.0480 e. The van der Waals surface area contributed by atoms with E-state index in [-0.39, 0.29) is 0 Å². The molecule has 1 aliphatic heterocycles. The van der Waals surface area contributed by atoms with E-state index in [9.17, 15) is 0 Å². The van der Waals surface area contributed by atoms with Crippen molar-refractivity contribution in [2.75, 3.05) is 24.6 Å². The van der Waals surface area contributed by atoms with E-state index in [0.29, 0.717) is 0 Å². The van der Waals surface area contributed by atoms with Crippen LogP contribution < -0.4 is 0 Å². The van der Waals surface area contributed by atoms with E-state index < -0.39 is 0 Å². The van der Waals surface area contributed by atoms with E-state index >= 15 is 0 Å². The van der Waals surface area contributed by atoms with Gasteiger partial charge in [-0.3, -0.25) is 9.98 Å². The fourth-order valence-electron chi connectivity index (χ4n) is 0.580. The molecule has 0 bridgehead atoms. The monoisotopic (exact) mass is 142 g/mol. The maximum Gasteiger partial charge on any atom is 0.0480 e. The second-order valence-electron chi connectivity index (χ2n) is 1.72. The van der Waals surface area contributed by atoms with Crippen LogP contribution in [0.4, 0.5) is 0 Å². The Hall–Kier alpha value is -0.310. The highest BCUT2D eigenvalue weighted by atomic mass is 32.2. The van der Waals surface area contributed by atoms with Crippen molar-refractivity contribution in [3.05, 3.63) is 0 Å². The number of aliphatic imine (C=N–C) groups is 2. The van der Waals surface area contributed by atoms with Crippen LogP contribution in [-0.2, 0) is 0 Å². The molecule has 0 aromatic carbocycles.